The molecule has 2 aromatic heterocycles. The lowest BCUT2D eigenvalue weighted by molar-refractivity contribution is -0.142. The van der Waals surface area contributed by atoms with Gasteiger partial charge in [-0.15, -0.1) is 0 Å². The van der Waals surface area contributed by atoms with Crippen LogP contribution in [0, 0.1) is 12.8 Å². The maximum Gasteiger partial charge on any atom is 0.307 e. The van der Waals surface area contributed by atoms with Crippen molar-refractivity contribution in [2.75, 3.05) is 0 Å². The lowest BCUT2D eigenvalue weighted by atomic mass is 9.82. The summed E-state index contributed by atoms with van der Waals surface area (Å²) in [7, 11) is 0. The number of fused-ring (bicyclic) bond motifs is 1. The van der Waals surface area contributed by atoms with Crippen LogP contribution in [0.1, 0.15) is 30.3 Å². The Hall–Kier alpha value is -2.17. The highest BCUT2D eigenvalue weighted by Gasteiger charge is 2.32. The molecule has 0 saturated carbocycles. The molecule has 0 fully saturated rings. The molecule has 0 saturated heterocycles. The number of hydrogen-bond acceptors (Lipinski definition) is 3. The van der Waals surface area contributed by atoms with E-state index in [1.54, 1.807) is 0 Å². The highest BCUT2D eigenvalue weighted by atomic mass is 16.4. The smallest absolute Gasteiger partial charge is 0.307 e. The minimum atomic E-state index is -0.765. The highest BCUT2D eigenvalue weighted by molar-refractivity contribution is 5.73. The van der Waals surface area contributed by atoms with Gasteiger partial charge in [0.05, 0.1) is 11.4 Å². The van der Waals surface area contributed by atoms with Crippen molar-refractivity contribution in [2.45, 2.75) is 25.7 Å². The number of nitrogens with zero attached hydrogens (tertiary/aromatic N) is 2. The first-order valence-corrected chi connectivity index (χ1v) is 6.36. The van der Waals surface area contributed by atoms with E-state index in [0.717, 1.165) is 17.0 Å². The summed E-state index contributed by atoms with van der Waals surface area (Å²) in [4.78, 5) is 23.3. The quantitative estimate of drug-likeness (QED) is 0.810. The monoisotopic (exact) mass is 257 g/mol. The second-order valence-corrected chi connectivity index (χ2v) is 4.94. The molecule has 0 aromatic carbocycles. The molecule has 0 aliphatic heterocycles. The van der Waals surface area contributed by atoms with Gasteiger partial charge in [0.2, 0.25) is 0 Å². The number of aliphatic carboxylic acids is 1. The number of carboxylic acids is 1. The maximum atomic E-state index is 11.3. The summed E-state index contributed by atoms with van der Waals surface area (Å²) in [6.45, 7) is 1.91. The van der Waals surface area contributed by atoms with E-state index in [0.29, 0.717) is 18.5 Å². The summed E-state index contributed by atoms with van der Waals surface area (Å²) in [5, 5.41) is 9.30. The lowest BCUT2D eigenvalue weighted by Crippen LogP contribution is -2.24. The van der Waals surface area contributed by atoms with Gasteiger partial charge in [-0.3, -0.25) is 4.79 Å². The molecular weight excluding hydrogens is 242 g/mol. The first-order chi connectivity index (χ1) is 9.15. The van der Waals surface area contributed by atoms with Crippen LogP contribution in [0.3, 0.4) is 0 Å². The third kappa shape index (κ3) is 2.12. The zero-order chi connectivity index (χ0) is 13.4. The summed E-state index contributed by atoms with van der Waals surface area (Å²) in [5.41, 5.74) is 2.43. The molecule has 19 heavy (non-hydrogen) atoms. The molecule has 1 aliphatic carbocycles. The summed E-state index contributed by atoms with van der Waals surface area (Å²) >= 11 is 0. The van der Waals surface area contributed by atoms with Crippen molar-refractivity contribution >= 4 is 17.1 Å². The highest BCUT2D eigenvalue weighted by Crippen LogP contribution is 2.33. The number of rotatable bonds is 2. The normalized spacial score (nSPS) is 22.8. The van der Waals surface area contributed by atoms with Crippen LogP contribution in [0.4, 0.5) is 0 Å². The third-order valence-electron chi connectivity index (χ3n) is 3.60. The Balaban J connectivity index is 2.02. The molecule has 5 heteroatoms. The van der Waals surface area contributed by atoms with E-state index in [-0.39, 0.29) is 5.92 Å². The van der Waals surface area contributed by atoms with Gasteiger partial charge in [0.15, 0.2) is 5.65 Å². The molecule has 2 atom stereocenters. The average Bonchev–Trinajstić information content (AvgIpc) is 2.81. The summed E-state index contributed by atoms with van der Waals surface area (Å²) in [6, 6.07) is 3.85. The predicted molar refractivity (Wildman–Crippen MR) is 70.9 cm³/mol. The van der Waals surface area contributed by atoms with Crippen molar-refractivity contribution in [3.8, 4) is 0 Å². The van der Waals surface area contributed by atoms with Crippen LogP contribution in [0.15, 0.2) is 24.3 Å². The number of aryl methyl sites for hydroxylation is 1. The van der Waals surface area contributed by atoms with Gasteiger partial charge in [-0.05, 0) is 31.9 Å². The SMILES string of the molecule is Cc1ccc2[nH]c([C@@H]3CC=CC[C@@H]3C(=O)O)nc2n1. The van der Waals surface area contributed by atoms with Crippen molar-refractivity contribution in [3.05, 3.63) is 35.8 Å². The van der Waals surface area contributed by atoms with Crippen LogP contribution >= 0.6 is 0 Å². The summed E-state index contributed by atoms with van der Waals surface area (Å²) in [5.74, 6) is -0.549. The van der Waals surface area contributed by atoms with Crippen molar-refractivity contribution in [2.24, 2.45) is 5.92 Å². The van der Waals surface area contributed by atoms with Crippen LogP contribution in [-0.4, -0.2) is 26.0 Å². The van der Waals surface area contributed by atoms with Gasteiger partial charge in [0, 0.05) is 11.6 Å². The number of imidazole rings is 1. The molecule has 98 valence electrons. The second-order valence-electron chi connectivity index (χ2n) is 4.94. The summed E-state index contributed by atoms with van der Waals surface area (Å²) < 4.78 is 0. The van der Waals surface area contributed by atoms with Crippen molar-refractivity contribution in [1.82, 2.24) is 15.0 Å². The van der Waals surface area contributed by atoms with Crippen LogP contribution in [0.25, 0.3) is 11.2 Å². The second kappa shape index (κ2) is 4.50. The molecule has 0 radical (unpaired) electrons. The molecular formula is C14H15N3O2. The number of carboxylic acid groups (broad SMARTS) is 1. The minimum Gasteiger partial charge on any atom is -0.481 e. The van der Waals surface area contributed by atoms with Crippen molar-refractivity contribution < 1.29 is 9.90 Å². The van der Waals surface area contributed by atoms with E-state index < -0.39 is 11.9 Å². The number of pyridine rings is 1. The Labute approximate surface area is 110 Å². The number of nitrogens with one attached hydrogen (secondary N) is 1. The molecule has 3 rings (SSSR count). The van der Waals surface area contributed by atoms with Gasteiger partial charge >= 0.3 is 5.97 Å². The van der Waals surface area contributed by atoms with Crippen molar-refractivity contribution in [3.63, 3.8) is 0 Å². The number of hydrogen-bond donors (Lipinski definition) is 2. The topological polar surface area (TPSA) is 78.9 Å². The number of allylic oxidation sites excluding steroid dienone is 2. The molecule has 0 amide bonds. The molecule has 2 heterocycles. The van der Waals surface area contributed by atoms with E-state index >= 15 is 0 Å². The van der Waals surface area contributed by atoms with Crippen molar-refractivity contribution in [1.29, 1.82) is 0 Å². The van der Waals surface area contributed by atoms with Crippen LogP contribution in [-0.2, 0) is 4.79 Å². The number of H-pyrrole nitrogens is 1. The van der Waals surface area contributed by atoms with E-state index in [1.807, 2.05) is 31.2 Å². The number of carbonyl (C=O) groups is 1. The first kappa shape index (κ1) is 11.9. The molecule has 0 unspecified atom stereocenters. The standard InChI is InChI=1S/C14H15N3O2/c1-8-6-7-11-13(15-8)17-12(16-11)9-4-2-3-5-10(9)14(18)19/h2-3,6-7,9-10H,4-5H2,1H3,(H,18,19)(H,15,16,17)/t9-,10+/m1/s1. The largest absolute Gasteiger partial charge is 0.481 e. The van der Waals surface area contributed by atoms with Crippen LogP contribution in [0.5, 0.6) is 0 Å². The molecule has 1 aliphatic rings. The molecule has 0 spiro atoms. The Bertz CT molecular complexity index is 660. The fourth-order valence-corrected chi connectivity index (χ4v) is 2.57. The Morgan fingerprint density at radius 1 is 1.32 bits per heavy atom. The summed E-state index contributed by atoms with van der Waals surface area (Å²) in [6.07, 6.45) is 5.22. The third-order valence-corrected chi connectivity index (χ3v) is 3.60. The number of aromatic nitrogens is 3. The van der Waals surface area contributed by atoms with Gasteiger partial charge < -0.3 is 10.1 Å². The fourth-order valence-electron chi connectivity index (χ4n) is 2.57. The Morgan fingerprint density at radius 3 is 2.89 bits per heavy atom. The van der Waals surface area contributed by atoms with Gasteiger partial charge in [0.1, 0.15) is 5.82 Å². The van der Waals surface area contributed by atoms with Gasteiger partial charge in [0.25, 0.3) is 0 Å². The predicted octanol–water partition coefficient (Wildman–Crippen LogP) is 2.40. The van der Waals surface area contributed by atoms with E-state index in [9.17, 15) is 9.90 Å². The molecule has 2 aromatic rings. The molecule has 2 N–H and O–H groups in total. The Morgan fingerprint density at radius 2 is 2.11 bits per heavy atom. The lowest BCUT2D eigenvalue weighted by Gasteiger charge is -2.23. The average molecular weight is 257 g/mol. The van der Waals surface area contributed by atoms with E-state index in [1.165, 1.54) is 0 Å². The zero-order valence-electron chi connectivity index (χ0n) is 10.6. The fraction of sp³-hybridized carbons (Fsp3) is 0.357. The van der Waals surface area contributed by atoms with Crippen LogP contribution in [0.2, 0.25) is 0 Å². The molecule has 0 bridgehead atoms. The maximum absolute atomic E-state index is 11.3. The molecule has 5 nitrogen and oxygen atoms in total. The van der Waals surface area contributed by atoms with Gasteiger partial charge in [-0.2, -0.15) is 0 Å². The Kier molecular flexibility index (Phi) is 2.81. The van der Waals surface area contributed by atoms with E-state index in [2.05, 4.69) is 15.0 Å². The minimum absolute atomic E-state index is 0.1000. The van der Waals surface area contributed by atoms with E-state index in [4.69, 9.17) is 0 Å². The number of aromatic amines is 1. The van der Waals surface area contributed by atoms with Gasteiger partial charge in [-0.25, -0.2) is 9.97 Å². The van der Waals surface area contributed by atoms with Gasteiger partial charge in [-0.1, -0.05) is 12.2 Å². The first-order valence-electron chi connectivity index (χ1n) is 6.36. The zero-order valence-corrected chi connectivity index (χ0v) is 10.6. The van der Waals surface area contributed by atoms with Crippen LogP contribution < -0.4 is 0 Å².